The molecule has 2 N–H and O–H groups in total. The fraction of sp³-hybridized carbons (Fsp3) is 0.571. The monoisotopic (exact) mass is 387 g/mol. The Morgan fingerprint density at radius 1 is 1.29 bits per heavy atom. The minimum absolute atomic E-state index is 0.113. The SMILES string of the molecule is COc1ccccc1C[C@@]1(C)NC(=O)N(CC(=O)N[C@H]2CCCC[C@@H]2C)C1=O. The molecule has 1 aliphatic heterocycles. The van der Waals surface area contributed by atoms with Gasteiger partial charge in [-0.05, 0) is 37.3 Å². The van der Waals surface area contributed by atoms with Crippen molar-refractivity contribution in [1.82, 2.24) is 15.5 Å². The van der Waals surface area contributed by atoms with E-state index in [1.165, 1.54) is 6.42 Å². The van der Waals surface area contributed by atoms with Crippen LogP contribution >= 0.6 is 0 Å². The number of imide groups is 1. The van der Waals surface area contributed by atoms with Crippen LogP contribution in [0, 0.1) is 5.92 Å². The Morgan fingerprint density at radius 3 is 2.71 bits per heavy atom. The number of amides is 4. The normalized spacial score (nSPS) is 27.5. The predicted octanol–water partition coefficient (Wildman–Crippen LogP) is 2.24. The van der Waals surface area contributed by atoms with E-state index in [4.69, 9.17) is 4.74 Å². The van der Waals surface area contributed by atoms with Crippen LogP contribution < -0.4 is 15.4 Å². The molecule has 2 aliphatic rings. The van der Waals surface area contributed by atoms with Crippen LogP contribution in [-0.2, 0) is 16.0 Å². The second kappa shape index (κ2) is 8.20. The smallest absolute Gasteiger partial charge is 0.325 e. The summed E-state index contributed by atoms with van der Waals surface area (Å²) in [5.41, 5.74) is -0.284. The van der Waals surface area contributed by atoms with E-state index >= 15 is 0 Å². The Morgan fingerprint density at radius 2 is 2.00 bits per heavy atom. The number of methoxy groups -OCH3 is 1. The molecule has 1 saturated carbocycles. The van der Waals surface area contributed by atoms with Crippen molar-refractivity contribution in [1.29, 1.82) is 0 Å². The standard InChI is InChI=1S/C21H29N3O4/c1-14-8-4-6-10-16(14)22-18(25)13-24-19(26)21(2,23-20(24)27)12-15-9-5-7-11-17(15)28-3/h5,7,9,11,14,16H,4,6,8,10,12-13H2,1-3H3,(H,22,25)(H,23,27)/t14-,16-,21+/m0/s1. The molecular formula is C21H29N3O4. The van der Waals surface area contributed by atoms with Crippen molar-refractivity contribution in [3.63, 3.8) is 0 Å². The summed E-state index contributed by atoms with van der Waals surface area (Å²) in [6.45, 7) is 3.55. The first kappa shape index (κ1) is 20.2. The molecule has 152 valence electrons. The van der Waals surface area contributed by atoms with Crippen LogP contribution in [0.5, 0.6) is 5.75 Å². The molecule has 0 bridgehead atoms. The topological polar surface area (TPSA) is 87.7 Å². The van der Waals surface area contributed by atoms with Crippen LogP contribution in [0.1, 0.15) is 45.1 Å². The largest absolute Gasteiger partial charge is 0.496 e. The zero-order valence-corrected chi connectivity index (χ0v) is 16.8. The van der Waals surface area contributed by atoms with Gasteiger partial charge < -0.3 is 15.4 Å². The van der Waals surface area contributed by atoms with Crippen molar-refractivity contribution in [3.05, 3.63) is 29.8 Å². The number of urea groups is 1. The molecule has 0 unspecified atom stereocenters. The fourth-order valence-electron chi connectivity index (χ4n) is 4.17. The van der Waals surface area contributed by atoms with Gasteiger partial charge in [0.15, 0.2) is 0 Å². The van der Waals surface area contributed by atoms with E-state index in [0.29, 0.717) is 18.1 Å². The average molecular weight is 387 g/mol. The quantitative estimate of drug-likeness (QED) is 0.733. The summed E-state index contributed by atoms with van der Waals surface area (Å²) in [6.07, 6.45) is 4.60. The zero-order valence-electron chi connectivity index (χ0n) is 16.8. The summed E-state index contributed by atoms with van der Waals surface area (Å²) >= 11 is 0. The minimum Gasteiger partial charge on any atom is -0.496 e. The van der Waals surface area contributed by atoms with Gasteiger partial charge in [-0.15, -0.1) is 0 Å². The van der Waals surface area contributed by atoms with Gasteiger partial charge in [0.1, 0.15) is 17.8 Å². The van der Waals surface area contributed by atoms with Crippen molar-refractivity contribution in [3.8, 4) is 5.75 Å². The highest BCUT2D eigenvalue weighted by Gasteiger charge is 2.48. The van der Waals surface area contributed by atoms with Crippen LogP contribution in [0.15, 0.2) is 24.3 Å². The number of para-hydroxylation sites is 1. The second-order valence-electron chi connectivity index (χ2n) is 8.08. The van der Waals surface area contributed by atoms with Crippen LogP contribution in [0.4, 0.5) is 4.79 Å². The number of hydrogen-bond donors (Lipinski definition) is 2. The molecule has 1 saturated heterocycles. The second-order valence-corrected chi connectivity index (χ2v) is 8.08. The van der Waals surface area contributed by atoms with Crippen molar-refractivity contribution in [2.24, 2.45) is 5.92 Å². The first-order valence-electron chi connectivity index (χ1n) is 9.89. The van der Waals surface area contributed by atoms with Gasteiger partial charge in [0.05, 0.1) is 7.11 Å². The molecule has 0 aromatic heterocycles. The van der Waals surface area contributed by atoms with E-state index < -0.39 is 17.5 Å². The third-order valence-electron chi connectivity index (χ3n) is 5.84. The fourth-order valence-corrected chi connectivity index (χ4v) is 4.17. The van der Waals surface area contributed by atoms with Gasteiger partial charge in [-0.1, -0.05) is 38.0 Å². The van der Waals surface area contributed by atoms with E-state index in [9.17, 15) is 14.4 Å². The van der Waals surface area contributed by atoms with Crippen molar-refractivity contribution in [2.45, 2.75) is 57.5 Å². The molecule has 1 aliphatic carbocycles. The number of benzene rings is 1. The molecule has 3 rings (SSSR count). The molecule has 3 atom stereocenters. The predicted molar refractivity (Wildman–Crippen MR) is 105 cm³/mol. The Kier molecular flexibility index (Phi) is 5.91. The van der Waals surface area contributed by atoms with Gasteiger partial charge in [0, 0.05) is 12.5 Å². The van der Waals surface area contributed by atoms with Crippen LogP contribution in [0.25, 0.3) is 0 Å². The number of ether oxygens (including phenoxy) is 1. The summed E-state index contributed by atoms with van der Waals surface area (Å²) in [5, 5.41) is 5.75. The van der Waals surface area contributed by atoms with Crippen molar-refractivity contribution in [2.75, 3.05) is 13.7 Å². The number of carbonyl (C=O) groups is 3. The minimum atomic E-state index is -1.11. The first-order chi connectivity index (χ1) is 13.3. The maximum atomic E-state index is 13.0. The molecule has 0 spiro atoms. The summed E-state index contributed by atoms with van der Waals surface area (Å²) in [5.74, 6) is 0.393. The highest BCUT2D eigenvalue weighted by atomic mass is 16.5. The molecule has 0 radical (unpaired) electrons. The Bertz CT molecular complexity index is 766. The molecule has 28 heavy (non-hydrogen) atoms. The number of rotatable bonds is 6. The lowest BCUT2D eigenvalue weighted by Gasteiger charge is -2.30. The number of carbonyl (C=O) groups excluding carboxylic acids is 3. The summed E-state index contributed by atoms with van der Waals surface area (Å²) in [6, 6.07) is 6.97. The summed E-state index contributed by atoms with van der Waals surface area (Å²) in [4.78, 5) is 38.9. The van der Waals surface area contributed by atoms with Gasteiger partial charge in [-0.2, -0.15) is 0 Å². The van der Waals surface area contributed by atoms with E-state index in [1.54, 1.807) is 14.0 Å². The zero-order chi connectivity index (χ0) is 20.3. The van der Waals surface area contributed by atoms with E-state index in [2.05, 4.69) is 17.6 Å². The maximum absolute atomic E-state index is 13.0. The first-order valence-corrected chi connectivity index (χ1v) is 9.89. The van der Waals surface area contributed by atoms with Crippen LogP contribution in [0.3, 0.4) is 0 Å². The summed E-state index contributed by atoms with van der Waals surface area (Å²) < 4.78 is 5.35. The van der Waals surface area contributed by atoms with E-state index in [1.807, 2.05) is 24.3 Å². The molecule has 1 heterocycles. The molecule has 7 heteroatoms. The highest BCUT2D eigenvalue weighted by molar-refractivity contribution is 6.09. The molecule has 4 amide bonds. The number of nitrogens with one attached hydrogen (secondary N) is 2. The van der Waals surface area contributed by atoms with Crippen LogP contribution in [-0.4, -0.2) is 48.0 Å². The maximum Gasteiger partial charge on any atom is 0.325 e. The Labute approximate surface area is 165 Å². The van der Waals surface area contributed by atoms with Gasteiger partial charge in [-0.3, -0.25) is 14.5 Å². The Balaban J connectivity index is 1.66. The summed E-state index contributed by atoms with van der Waals surface area (Å²) in [7, 11) is 1.57. The van der Waals surface area contributed by atoms with Crippen molar-refractivity contribution < 1.29 is 19.1 Å². The lowest BCUT2D eigenvalue weighted by Crippen LogP contribution is -2.48. The molecule has 7 nitrogen and oxygen atoms in total. The van der Waals surface area contributed by atoms with E-state index in [0.717, 1.165) is 29.7 Å². The molecule has 1 aromatic carbocycles. The van der Waals surface area contributed by atoms with Gasteiger partial charge in [0.25, 0.3) is 5.91 Å². The highest BCUT2D eigenvalue weighted by Crippen LogP contribution is 2.27. The average Bonchev–Trinajstić information content (AvgIpc) is 2.87. The van der Waals surface area contributed by atoms with Gasteiger partial charge in [0.2, 0.25) is 5.91 Å². The Hall–Kier alpha value is -2.57. The number of hydrogen-bond acceptors (Lipinski definition) is 4. The molecule has 1 aromatic rings. The molecule has 2 fully saturated rings. The van der Waals surface area contributed by atoms with Gasteiger partial charge in [-0.25, -0.2) is 4.79 Å². The van der Waals surface area contributed by atoms with Crippen LogP contribution in [0.2, 0.25) is 0 Å². The number of nitrogens with zero attached hydrogens (tertiary/aromatic N) is 1. The van der Waals surface area contributed by atoms with E-state index in [-0.39, 0.29) is 18.5 Å². The third kappa shape index (κ3) is 4.13. The van der Waals surface area contributed by atoms with Crippen molar-refractivity contribution >= 4 is 17.8 Å². The van der Waals surface area contributed by atoms with Gasteiger partial charge >= 0.3 is 6.03 Å². The molecular weight excluding hydrogens is 358 g/mol. The lowest BCUT2D eigenvalue weighted by molar-refractivity contribution is -0.134. The lowest BCUT2D eigenvalue weighted by atomic mass is 9.86. The third-order valence-corrected chi connectivity index (χ3v) is 5.84.